The number of carbonyl (C=O) groups is 4. The van der Waals surface area contributed by atoms with Gasteiger partial charge in [0.1, 0.15) is 26.1 Å². The number of hydrogen-bond acceptors (Lipinski definition) is 17. The second-order valence-corrected chi connectivity index (χ2v) is 13.7. The van der Waals surface area contributed by atoms with Gasteiger partial charge in [-0.25, -0.2) is 9.59 Å². The summed E-state index contributed by atoms with van der Waals surface area (Å²) < 4.78 is 29.8. The fraction of sp³-hybridized carbons (Fsp3) is 0.448. The molecule has 1 amide bonds. The number of nitro benzene ring substituents is 2. The first kappa shape index (κ1) is 37.9. The summed E-state index contributed by atoms with van der Waals surface area (Å²) in [5.41, 5.74) is 0.798. The Bertz CT molecular complexity index is 1540. The summed E-state index contributed by atoms with van der Waals surface area (Å²) >= 11 is 2.76. The molecule has 0 radical (unpaired) electrons. The molecule has 2 aromatic carbocycles. The van der Waals surface area contributed by atoms with E-state index in [1.54, 1.807) is 6.07 Å². The van der Waals surface area contributed by atoms with Crippen molar-refractivity contribution in [2.75, 3.05) is 25.8 Å². The molecule has 0 aromatic heterocycles. The Morgan fingerprint density at radius 1 is 1.04 bits per heavy atom. The summed E-state index contributed by atoms with van der Waals surface area (Å²) in [7, 11) is 0. The van der Waals surface area contributed by atoms with Gasteiger partial charge in [0.2, 0.25) is 11.7 Å². The largest absolute Gasteiger partial charge is 0.514 e. The van der Waals surface area contributed by atoms with Crippen LogP contribution >= 0.6 is 35.6 Å². The van der Waals surface area contributed by atoms with Crippen LogP contribution in [0.3, 0.4) is 0 Å². The number of thioether (sulfide) groups is 2. The van der Waals surface area contributed by atoms with Gasteiger partial charge >= 0.3 is 17.8 Å². The monoisotopic (exact) mass is 741 g/mol. The standard InChI is InChI=1S/C21H26N2O9S3.C8H5NO5/c1-3-16-17(24)22(18(16)33-4-2)19(34-21(26)35-32-15-10-29-12-30-11-15)20(25)31-9-13-5-7-14(8-6-13)23(27)28;10-8-13-4-5-1-2-7(14-8)6(3-5)9(11)12/h5-8,15-16,18-19H,3-4,9-12H2,1-2H3;1-3H,4H2. The molecule has 2 saturated heterocycles. The van der Waals surface area contributed by atoms with Gasteiger partial charge in [-0.05, 0) is 53.3 Å². The highest BCUT2D eigenvalue weighted by atomic mass is 32.2. The van der Waals surface area contributed by atoms with Gasteiger partial charge < -0.3 is 28.6 Å². The van der Waals surface area contributed by atoms with Crippen LogP contribution in [0.2, 0.25) is 0 Å². The van der Waals surface area contributed by atoms with Crippen LogP contribution in [0.15, 0.2) is 42.5 Å². The molecule has 4 aliphatic rings. The maximum Gasteiger partial charge on any atom is 0.514 e. The summed E-state index contributed by atoms with van der Waals surface area (Å²) in [4.78, 5) is 71.0. The first-order valence-electron chi connectivity index (χ1n) is 14.7. The van der Waals surface area contributed by atoms with E-state index in [1.807, 2.05) is 13.8 Å². The van der Waals surface area contributed by atoms with Crippen molar-refractivity contribution in [3.8, 4) is 5.75 Å². The van der Waals surface area contributed by atoms with E-state index in [2.05, 4.69) is 9.47 Å². The first-order valence-corrected chi connectivity index (χ1v) is 17.3. The summed E-state index contributed by atoms with van der Waals surface area (Å²) in [6.07, 6.45) is -0.728. The number of amides is 1. The summed E-state index contributed by atoms with van der Waals surface area (Å²) in [5.74, 6) is -0.565. The predicted octanol–water partition coefficient (Wildman–Crippen LogP) is 5.43. The maximum absolute atomic E-state index is 13.1. The fourth-order valence-corrected chi connectivity index (χ4v) is 7.50. The minimum absolute atomic E-state index is 0.0139. The predicted molar refractivity (Wildman–Crippen MR) is 175 cm³/mol. The van der Waals surface area contributed by atoms with E-state index < -0.39 is 37.9 Å². The van der Waals surface area contributed by atoms with Crippen molar-refractivity contribution in [3.63, 3.8) is 0 Å². The average Bonchev–Trinajstić information content (AvgIpc) is 3.08. The van der Waals surface area contributed by atoms with Crippen LogP contribution in [-0.4, -0.2) is 79.8 Å². The SMILES string of the molecule is CCSC1C(CC)C(=O)N1C(SC(=O)SOC1COCOC1)C(=O)OCc1ccc([N+](=O)[O-])cc1.O=C1OCc2ccc(c([N+](=O)[O-])c2)O1. The van der Waals surface area contributed by atoms with Crippen molar-refractivity contribution in [1.29, 1.82) is 0 Å². The van der Waals surface area contributed by atoms with Crippen LogP contribution < -0.4 is 4.74 Å². The molecule has 4 aliphatic heterocycles. The molecule has 0 aliphatic carbocycles. The lowest BCUT2D eigenvalue weighted by Gasteiger charge is -2.48. The molecule has 2 bridgehead atoms. The number of likely N-dealkylation sites (tertiary alicyclic amines) is 1. The second-order valence-electron chi connectivity index (χ2n) is 10.2. The lowest BCUT2D eigenvalue weighted by Crippen LogP contribution is -2.64. The maximum atomic E-state index is 13.1. The lowest BCUT2D eigenvalue weighted by molar-refractivity contribution is -0.385. The highest BCUT2D eigenvalue weighted by molar-refractivity contribution is 8.37. The van der Waals surface area contributed by atoms with Crippen LogP contribution in [0.1, 0.15) is 31.4 Å². The van der Waals surface area contributed by atoms with Crippen LogP contribution in [0, 0.1) is 26.1 Å². The van der Waals surface area contributed by atoms with E-state index in [1.165, 1.54) is 53.1 Å². The van der Waals surface area contributed by atoms with Crippen molar-refractivity contribution in [2.45, 2.75) is 50.3 Å². The number of ether oxygens (including phenoxy) is 5. The summed E-state index contributed by atoms with van der Waals surface area (Å²) in [6.45, 7) is 4.42. The van der Waals surface area contributed by atoms with Gasteiger partial charge in [0.05, 0.1) is 46.4 Å². The van der Waals surface area contributed by atoms with Crippen molar-refractivity contribution in [1.82, 2.24) is 4.90 Å². The van der Waals surface area contributed by atoms with E-state index >= 15 is 0 Å². The Morgan fingerprint density at radius 3 is 2.39 bits per heavy atom. The smallest absolute Gasteiger partial charge is 0.459 e. The summed E-state index contributed by atoms with van der Waals surface area (Å²) in [6, 6.07) is 9.89. The third-order valence-corrected chi connectivity index (χ3v) is 10.0. The Labute approximate surface area is 292 Å². The molecule has 2 fully saturated rings. The van der Waals surface area contributed by atoms with Crippen LogP contribution in [-0.2, 0) is 45.9 Å². The van der Waals surface area contributed by atoms with Crippen LogP contribution in [0.5, 0.6) is 5.75 Å². The first-order chi connectivity index (χ1) is 23.5. The molecular formula is C29H31N3O14S3. The number of carbonyl (C=O) groups excluding carboxylic acids is 4. The molecule has 0 N–H and O–H groups in total. The second kappa shape index (κ2) is 18.2. The lowest BCUT2D eigenvalue weighted by atomic mass is 9.95. The zero-order valence-corrected chi connectivity index (χ0v) is 28.5. The van der Waals surface area contributed by atoms with Gasteiger partial charge in [0.15, 0.2) is 5.37 Å². The van der Waals surface area contributed by atoms with Gasteiger partial charge in [-0.1, -0.05) is 19.9 Å². The van der Waals surface area contributed by atoms with Gasteiger partial charge in [0.25, 0.3) is 10.1 Å². The molecule has 17 nitrogen and oxygen atoms in total. The number of β-lactam (4-membered cyclic amide) rings is 1. The van der Waals surface area contributed by atoms with Gasteiger partial charge in [0, 0.05) is 18.2 Å². The van der Waals surface area contributed by atoms with Gasteiger partial charge in [-0.15, -0.1) is 11.8 Å². The fourth-order valence-electron chi connectivity index (χ4n) is 4.58. The average molecular weight is 742 g/mol. The molecule has 3 unspecified atom stereocenters. The van der Waals surface area contributed by atoms with Crippen LogP contribution in [0.4, 0.5) is 21.0 Å². The third-order valence-electron chi connectivity index (χ3n) is 6.95. The number of fused-ring (bicyclic) bond motifs is 5. The number of rotatable bonds is 12. The topological polar surface area (TPSA) is 213 Å². The quantitative estimate of drug-likeness (QED) is 0.0662. The molecule has 2 aromatic rings. The Balaban J connectivity index is 0.000000319. The van der Waals surface area contributed by atoms with Crippen molar-refractivity contribution < 1.29 is 56.9 Å². The molecule has 264 valence electrons. The van der Waals surface area contributed by atoms with Crippen molar-refractivity contribution in [2.24, 2.45) is 5.92 Å². The molecule has 49 heavy (non-hydrogen) atoms. The summed E-state index contributed by atoms with van der Waals surface area (Å²) in [5, 5.41) is 19.9. The third kappa shape index (κ3) is 10.3. The van der Waals surface area contributed by atoms with E-state index in [0.29, 0.717) is 41.4 Å². The number of nitrogens with zero attached hydrogens (tertiary/aromatic N) is 3. The van der Waals surface area contributed by atoms with E-state index in [-0.39, 0.29) is 67.5 Å². The van der Waals surface area contributed by atoms with E-state index in [9.17, 15) is 39.4 Å². The number of benzene rings is 2. The van der Waals surface area contributed by atoms with Crippen LogP contribution in [0.25, 0.3) is 0 Å². The molecular weight excluding hydrogens is 711 g/mol. The van der Waals surface area contributed by atoms with Crippen molar-refractivity contribution >= 4 is 69.4 Å². The highest BCUT2D eigenvalue weighted by Crippen LogP contribution is 2.42. The van der Waals surface area contributed by atoms with E-state index in [4.69, 9.17) is 18.4 Å². The highest BCUT2D eigenvalue weighted by Gasteiger charge is 2.52. The Kier molecular flexibility index (Phi) is 14.0. The molecule has 6 rings (SSSR count). The Hall–Kier alpha value is -3.95. The molecule has 3 atom stereocenters. The minimum Gasteiger partial charge on any atom is -0.459 e. The number of non-ortho nitro benzene ring substituents is 1. The van der Waals surface area contributed by atoms with Gasteiger partial charge in [-0.3, -0.25) is 34.0 Å². The minimum atomic E-state index is -1.19. The molecule has 0 spiro atoms. The zero-order valence-electron chi connectivity index (χ0n) is 26.1. The number of hydrogen-bond donors (Lipinski definition) is 0. The van der Waals surface area contributed by atoms with Gasteiger partial charge in [-0.2, -0.15) is 0 Å². The van der Waals surface area contributed by atoms with Crippen molar-refractivity contribution in [3.05, 3.63) is 73.8 Å². The normalized spacial score (nSPS) is 19.2. The number of nitro groups is 2. The molecule has 4 heterocycles. The zero-order chi connectivity index (χ0) is 35.5. The molecule has 20 heteroatoms. The Morgan fingerprint density at radius 2 is 1.76 bits per heavy atom. The molecule has 0 saturated carbocycles. The van der Waals surface area contributed by atoms with E-state index in [0.717, 1.165) is 5.75 Å². The number of esters is 1.